The molecule has 1 N–H and O–H groups in total. The minimum Gasteiger partial charge on any atom is -0.346 e. The Balaban J connectivity index is 2.26. The zero-order chi connectivity index (χ0) is 12.5. The number of aromatic amines is 1. The standard InChI is InChI=1S/C13H9BrClN3/c14-7-11-17-12(8-1-3-9(15)4-2-8)10-5-6-16-13(10)18-11/h1-6H,7H2,(H,16,17,18). The summed E-state index contributed by atoms with van der Waals surface area (Å²) < 4.78 is 0. The predicted octanol–water partition coefficient (Wildman–Crippen LogP) is 4.17. The molecule has 0 saturated carbocycles. The predicted molar refractivity (Wildman–Crippen MR) is 77.0 cm³/mol. The van der Waals surface area contributed by atoms with Crippen LogP contribution in [0.1, 0.15) is 5.82 Å². The van der Waals surface area contributed by atoms with Crippen LogP contribution in [0.3, 0.4) is 0 Å². The van der Waals surface area contributed by atoms with Gasteiger partial charge in [-0.15, -0.1) is 0 Å². The summed E-state index contributed by atoms with van der Waals surface area (Å²) in [5.41, 5.74) is 2.81. The van der Waals surface area contributed by atoms with Crippen LogP contribution >= 0.6 is 27.5 Å². The highest BCUT2D eigenvalue weighted by molar-refractivity contribution is 9.08. The van der Waals surface area contributed by atoms with E-state index in [9.17, 15) is 0 Å². The van der Waals surface area contributed by atoms with E-state index in [-0.39, 0.29) is 0 Å². The van der Waals surface area contributed by atoms with Crippen LogP contribution in [0.4, 0.5) is 0 Å². The molecule has 0 aliphatic carbocycles. The molecule has 0 bridgehead atoms. The van der Waals surface area contributed by atoms with Crippen LogP contribution in [0.15, 0.2) is 36.5 Å². The Labute approximate surface area is 117 Å². The number of H-pyrrole nitrogens is 1. The second kappa shape index (κ2) is 4.71. The van der Waals surface area contributed by atoms with Crippen molar-refractivity contribution in [1.29, 1.82) is 0 Å². The van der Waals surface area contributed by atoms with E-state index in [1.807, 2.05) is 36.5 Å². The van der Waals surface area contributed by atoms with Crippen molar-refractivity contribution < 1.29 is 0 Å². The largest absolute Gasteiger partial charge is 0.346 e. The summed E-state index contributed by atoms with van der Waals surface area (Å²) in [6.45, 7) is 0. The molecule has 0 aliphatic heterocycles. The summed E-state index contributed by atoms with van der Waals surface area (Å²) in [7, 11) is 0. The number of fused-ring (bicyclic) bond motifs is 1. The van der Waals surface area contributed by atoms with E-state index in [1.54, 1.807) is 0 Å². The van der Waals surface area contributed by atoms with Gasteiger partial charge < -0.3 is 4.98 Å². The average Bonchev–Trinajstić information content (AvgIpc) is 2.86. The van der Waals surface area contributed by atoms with Gasteiger partial charge in [0, 0.05) is 22.2 Å². The number of benzene rings is 1. The van der Waals surface area contributed by atoms with Gasteiger partial charge in [0.2, 0.25) is 0 Å². The highest BCUT2D eigenvalue weighted by atomic mass is 79.9. The highest BCUT2D eigenvalue weighted by Crippen LogP contribution is 2.27. The molecular weight excluding hydrogens is 314 g/mol. The molecule has 0 aliphatic rings. The molecule has 3 rings (SSSR count). The Morgan fingerprint density at radius 1 is 1.11 bits per heavy atom. The van der Waals surface area contributed by atoms with Gasteiger partial charge in [0.1, 0.15) is 11.5 Å². The zero-order valence-electron chi connectivity index (χ0n) is 9.32. The van der Waals surface area contributed by atoms with Gasteiger partial charge in [-0.05, 0) is 18.2 Å². The van der Waals surface area contributed by atoms with E-state index in [4.69, 9.17) is 11.6 Å². The number of alkyl halides is 1. The third-order valence-electron chi connectivity index (χ3n) is 2.70. The van der Waals surface area contributed by atoms with E-state index in [0.717, 1.165) is 33.1 Å². The molecule has 18 heavy (non-hydrogen) atoms. The molecule has 1 aromatic carbocycles. The van der Waals surface area contributed by atoms with Crippen LogP contribution in [0.5, 0.6) is 0 Å². The Morgan fingerprint density at radius 3 is 2.61 bits per heavy atom. The van der Waals surface area contributed by atoms with E-state index < -0.39 is 0 Å². The number of hydrogen-bond donors (Lipinski definition) is 1. The van der Waals surface area contributed by atoms with Gasteiger partial charge in [0.25, 0.3) is 0 Å². The first-order valence-electron chi connectivity index (χ1n) is 5.44. The molecule has 2 aromatic heterocycles. The lowest BCUT2D eigenvalue weighted by atomic mass is 10.1. The number of nitrogens with zero attached hydrogens (tertiary/aromatic N) is 2. The zero-order valence-corrected chi connectivity index (χ0v) is 11.7. The van der Waals surface area contributed by atoms with Crippen molar-refractivity contribution in [2.75, 3.05) is 0 Å². The first-order valence-corrected chi connectivity index (χ1v) is 6.94. The third-order valence-corrected chi connectivity index (χ3v) is 3.45. The number of halogens is 2. The summed E-state index contributed by atoms with van der Waals surface area (Å²) >= 11 is 9.30. The van der Waals surface area contributed by atoms with Crippen molar-refractivity contribution in [3.05, 3.63) is 47.4 Å². The molecule has 3 aromatic rings. The summed E-state index contributed by atoms with van der Waals surface area (Å²) in [4.78, 5) is 12.1. The van der Waals surface area contributed by atoms with Gasteiger partial charge in [0.15, 0.2) is 0 Å². The van der Waals surface area contributed by atoms with Crippen molar-refractivity contribution in [3.8, 4) is 11.3 Å². The average molecular weight is 323 g/mol. The first-order chi connectivity index (χ1) is 8.78. The Kier molecular flexibility index (Phi) is 3.06. The summed E-state index contributed by atoms with van der Waals surface area (Å²) in [5.74, 6) is 0.759. The van der Waals surface area contributed by atoms with Gasteiger partial charge in [0.05, 0.1) is 11.0 Å². The van der Waals surface area contributed by atoms with Crippen molar-refractivity contribution in [2.24, 2.45) is 0 Å². The lowest BCUT2D eigenvalue weighted by Gasteiger charge is -2.05. The number of aromatic nitrogens is 3. The fraction of sp³-hybridized carbons (Fsp3) is 0.0769. The number of nitrogens with one attached hydrogen (secondary N) is 1. The second-order valence-corrected chi connectivity index (χ2v) is 4.87. The van der Waals surface area contributed by atoms with Crippen molar-refractivity contribution in [1.82, 2.24) is 15.0 Å². The molecule has 2 heterocycles. The second-order valence-electron chi connectivity index (χ2n) is 3.87. The van der Waals surface area contributed by atoms with Crippen molar-refractivity contribution in [2.45, 2.75) is 5.33 Å². The lowest BCUT2D eigenvalue weighted by molar-refractivity contribution is 1.07. The molecule has 3 nitrogen and oxygen atoms in total. The van der Waals surface area contributed by atoms with E-state index >= 15 is 0 Å². The maximum atomic E-state index is 5.91. The summed E-state index contributed by atoms with van der Waals surface area (Å²) in [6.07, 6.45) is 1.87. The molecule has 5 heteroatoms. The molecular formula is C13H9BrClN3. The maximum Gasteiger partial charge on any atom is 0.142 e. The van der Waals surface area contributed by atoms with E-state index in [0.29, 0.717) is 5.33 Å². The third kappa shape index (κ3) is 2.02. The minimum atomic E-state index is 0.628. The van der Waals surface area contributed by atoms with Gasteiger partial charge in [-0.25, -0.2) is 9.97 Å². The minimum absolute atomic E-state index is 0.628. The smallest absolute Gasteiger partial charge is 0.142 e. The Morgan fingerprint density at radius 2 is 1.89 bits per heavy atom. The molecule has 0 atom stereocenters. The number of rotatable bonds is 2. The Hall–Kier alpha value is -1.39. The summed E-state index contributed by atoms with van der Waals surface area (Å²) in [6, 6.07) is 9.65. The molecule has 90 valence electrons. The normalized spacial score (nSPS) is 11.0. The van der Waals surface area contributed by atoms with Crippen molar-refractivity contribution >= 4 is 38.6 Å². The van der Waals surface area contributed by atoms with Gasteiger partial charge >= 0.3 is 0 Å². The molecule has 0 spiro atoms. The van der Waals surface area contributed by atoms with Crippen LogP contribution in [0.2, 0.25) is 5.02 Å². The molecule has 0 fully saturated rings. The van der Waals surface area contributed by atoms with E-state index in [1.165, 1.54) is 0 Å². The molecule has 0 amide bonds. The fourth-order valence-electron chi connectivity index (χ4n) is 1.88. The van der Waals surface area contributed by atoms with Gasteiger partial charge in [-0.2, -0.15) is 0 Å². The lowest BCUT2D eigenvalue weighted by Crippen LogP contribution is -1.95. The molecule has 0 saturated heterocycles. The number of hydrogen-bond acceptors (Lipinski definition) is 2. The van der Waals surface area contributed by atoms with Crippen LogP contribution in [-0.2, 0) is 5.33 Å². The van der Waals surface area contributed by atoms with Gasteiger partial charge in [-0.1, -0.05) is 39.7 Å². The maximum absolute atomic E-state index is 5.91. The molecule has 0 radical (unpaired) electrons. The molecule has 0 unspecified atom stereocenters. The quantitative estimate of drug-likeness (QED) is 0.719. The van der Waals surface area contributed by atoms with Crippen LogP contribution in [-0.4, -0.2) is 15.0 Å². The SMILES string of the molecule is Clc1ccc(-c2nc(CBr)nc3[nH]ccc23)cc1. The van der Waals surface area contributed by atoms with E-state index in [2.05, 4.69) is 30.9 Å². The summed E-state index contributed by atoms with van der Waals surface area (Å²) in [5, 5.41) is 2.36. The topological polar surface area (TPSA) is 41.6 Å². The van der Waals surface area contributed by atoms with Gasteiger partial charge in [-0.3, -0.25) is 0 Å². The highest BCUT2D eigenvalue weighted by Gasteiger charge is 2.09. The Bertz CT molecular complexity index is 691. The van der Waals surface area contributed by atoms with Crippen LogP contribution in [0.25, 0.3) is 22.3 Å². The van der Waals surface area contributed by atoms with Crippen LogP contribution < -0.4 is 0 Å². The van der Waals surface area contributed by atoms with Crippen LogP contribution in [0, 0.1) is 0 Å². The van der Waals surface area contributed by atoms with Crippen molar-refractivity contribution in [3.63, 3.8) is 0 Å². The first kappa shape index (κ1) is 11.7. The monoisotopic (exact) mass is 321 g/mol. The fourth-order valence-corrected chi connectivity index (χ4v) is 2.25.